The van der Waals surface area contributed by atoms with Crippen LogP contribution >= 0.6 is 0 Å². The van der Waals surface area contributed by atoms with E-state index in [0.717, 1.165) is 0 Å². The summed E-state index contributed by atoms with van der Waals surface area (Å²) in [6, 6.07) is 6.07. The molecule has 0 heterocycles. The lowest BCUT2D eigenvalue weighted by Crippen LogP contribution is -2.33. The summed E-state index contributed by atoms with van der Waals surface area (Å²) in [6.07, 6.45) is -3.72. The zero-order valence-electron chi connectivity index (χ0n) is 8.86. The van der Waals surface area contributed by atoms with Gasteiger partial charge in [-0.05, 0) is 25.0 Å². The standard InChI is InChI=1S/C11H11F4O/c1-7-3-4-8(2)9(5-7)16-6-11(14,15)10(12)13/h3-4,10H,6H2,1-2H3. The molecule has 0 unspecified atom stereocenters. The summed E-state index contributed by atoms with van der Waals surface area (Å²) >= 11 is 0. The molecular formula is C11H11F4O. The highest BCUT2D eigenvalue weighted by Crippen LogP contribution is 2.25. The Kier molecular flexibility index (Phi) is 3.78. The van der Waals surface area contributed by atoms with Crippen LogP contribution in [0.15, 0.2) is 12.1 Å². The van der Waals surface area contributed by atoms with E-state index in [1.165, 1.54) is 0 Å². The Morgan fingerprint density at radius 1 is 1.31 bits per heavy atom. The Bertz CT molecular complexity index is 363. The first kappa shape index (κ1) is 12.8. The van der Waals surface area contributed by atoms with Crippen molar-refractivity contribution < 1.29 is 22.3 Å². The number of aryl methyl sites for hydroxylation is 2. The van der Waals surface area contributed by atoms with Crippen LogP contribution in [0, 0.1) is 19.9 Å². The maximum atomic E-state index is 12.6. The number of halogens is 4. The third-order valence-corrected chi connectivity index (χ3v) is 1.98. The monoisotopic (exact) mass is 235 g/mol. The Morgan fingerprint density at radius 3 is 2.50 bits per heavy atom. The van der Waals surface area contributed by atoms with Gasteiger partial charge < -0.3 is 4.74 Å². The van der Waals surface area contributed by atoms with Gasteiger partial charge in [0.15, 0.2) is 6.61 Å². The topological polar surface area (TPSA) is 9.23 Å². The van der Waals surface area contributed by atoms with Crippen molar-refractivity contribution in [2.45, 2.75) is 26.2 Å². The number of alkyl halides is 4. The lowest BCUT2D eigenvalue weighted by atomic mass is 10.1. The molecule has 0 saturated heterocycles. The van der Waals surface area contributed by atoms with Gasteiger partial charge >= 0.3 is 12.3 Å². The Balaban J connectivity index is 2.71. The van der Waals surface area contributed by atoms with E-state index in [1.54, 1.807) is 26.0 Å². The fraction of sp³-hybridized carbons (Fsp3) is 0.455. The molecule has 16 heavy (non-hydrogen) atoms. The minimum atomic E-state index is -4.13. The average Bonchev–Trinajstić information content (AvgIpc) is 2.19. The average molecular weight is 235 g/mol. The lowest BCUT2D eigenvalue weighted by Gasteiger charge is -2.17. The van der Waals surface area contributed by atoms with Gasteiger partial charge in [0.1, 0.15) is 5.75 Å². The molecule has 0 bridgehead atoms. The fourth-order valence-corrected chi connectivity index (χ4v) is 1.03. The number of benzene rings is 1. The second-order valence-corrected chi connectivity index (χ2v) is 3.50. The Labute approximate surface area is 91.0 Å². The minimum absolute atomic E-state index is 0.0836. The van der Waals surface area contributed by atoms with Crippen LogP contribution in [0.5, 0.6) is 5.75 Å². The van der Waals surface area contributed by atoms with Crippen molar-refractivity contribution in [1.29, 1.82) is 0 Å². The summed E-state index contributed by atoms with van der Waals surface area (Å²) in [4.78, 5) is 0. The third kappa shape index (κ3) is 3.12. The summed E-state index contributed by atoms with van der Waals surface area (Å²) < 4.78 is 53.5. The van der Waals surface area contributed by atoms with E-state index in [9.17, 15) is 17.6 Å². The van der Waals surface area contributed by atoms with E-state index in [0.29, 0.717) is 11.1 Å². The van der Waals surface area contributed by atoms with Crippen molar-refractivity contribution in [2.75, 3.05) is 6.61 Å². The van der Waals surface area contributed by atoms with Crippen molar-refractivity contribution >= 4 is 0 Å². The van der Waals surface area contributed by atoms with Gasteiger partial charge in [-0.1, -0.05) is 12.1 Å². The Morgan fingerprint density at radius 2 is 1.94 bits per heavy atom. The molecule has 1 radical (unpaired) electrons. The van der Waals surface area contributed by atoms with E-state index >= 15 is 0 Å². The Hall–Kier alpha value is -1.26. The van der Waals surface area contributed by atoms with Crippen molar-refractivity contribution in [3.8, 4) is 5.75 Å². The first-order chi connectivity index (χ1) is 7.33. The highest BCUT2D eigenvalue weighted by molar-refractivity contribution is 5.34. The smallest absolute Gasteiger partial charge is 0.340 e. The molecule has 0 N–H and O–H groups in total. The highest BCUT2D eigenvalue weighted by Gasteiger charge is 2.41. The minimum Gasteiger partial charge on any atom is -0.486 e. The van der Waals surface area contributed by atoms with Crippen LogP contribution in [0.3, 0.4) is 0 Å². The molecule has 89 valence electrons. The van der Waals surface area contributed by atoms with E-state index < -0.39 is 19.0 Å². The molecule has 0 amide bonds. The van der Waals surface area contributed by atoms with Crippen LogP contribution < -0.4 is 4.74 Å². The molecule has 1 nitrogen and oxygen atoms in total. The lowest BCUT2D eigenvalue weighted by molar-refractivity contribution is -0.148. The molecule has 0 saturated carbocycles. The van der Waals surface area contributed by atoms with Crippen LogP contribution in [0.1, 0.15) is 11.1 Å². The van der Waals surface area contributed by atoms with Gasteiger partial charge in [0.05, 0.1) is 0 Å². The zero-order valence-corrected chi connectivity index (χ0v) is 8.86. The summed E-state index contributed by atoms with van der Waals surface area (Å²) in [5.41, 5.74) is 1.27. The molecule has 0 aliphatic rings. The molecule has 0 spiro atoms. The summed E-state index contributed by atoms with van der Waals surface area (Å²) in [5, 5.41) is 0. The first-order valence-corrected chi connectivity index (χ1v) is 4.61. The predicted octanol–water partition coefficient (Wildman–Crippen LogP) is 3.38. The van der Waals surface area contributed by atoms with Crippen molar-refractivity contribution in [3.05, 3.63) is 29.3 Å². The highest BCUT2D eigenvalue weighted by atomic mass is 19.3. The second kappa shape index (κ2) is 4.72. The number of ether oxygens (including phenoxy) is 1. The fourth-order valence-electron chi connectivity index (χ4n) is 1.03. The SMILES string of the molecule is Cc1[c]c(OCC(F)(F)C(F)F)c(C)cc1. The van der Waals surface area contributed by atoms with Gasteiger partial charge in [0.2, 0.25) is 0 Å². The molecular weight excluding hydrogens is 224 g/mol. The molecule has 0 aromatic heterocycles. The van der Waals surface area contributed by atoms with Gasteiger partial charge in [0.25, 0.3) is 0 Å². The third-order valence-electron chi connectivity index (χ3n) is 1.98. The van der Waals surface area contributed by atoms with Crippen LogP contribution in [0.2, 0.25) is 0 Å². The quantitative estimate of drug-likeness (QED) is 0.727. The van der Waals surface area contributed by atoms with Gasteiger partial charge in [-0.25, -0.2) is 8.78 Å². The first-order valence-electron chi connectivity index (χ1n) is 4.61. The summed E-state index contributed by atoms with van der Waals surface area (Å²) in [7, 11) is 0. The zero-order chi connectivity index (χ0) is 12.3. The maximum absolute atomic E-state index is 12.6. The van der Waals surface area contributed by atoms with E-state index in [1.807, 2.05) is 0 Å². The molecule has 1 rings (SSSR count). The van der Waals surface area contributed by atoms with E-state index in [4.69, 9.17) is 0 Å². The van der Waals surface area contributed by atoms with Crippen LogP contribution in [0.4, 0.5) is 17.6 Å². The summed E-state index contributed by atoms with van der Waals surface area (Å²) in [6.45, 7) is 1.99. The van der Waals surface area contributed by atoms with Crippen LogP contribution in [-0.4, -0.2) is 19.0 Å². The maximum Gasteiger partial charge on any atom is 0.340 e. The molecule has 0 fully saturated rings. The largest absolute Gasteiger partial charge is 0.486 e. The van der Waals surface area contributed by atoms with Crippen LogP contribution in [-0.2, 0) is 0 Å². The van der Waals surface area contributed by atoms with E-state index in [-0.39, 0.29) is 5.75 Å². The van der Waals surface area contributed by atoms with Gasteiger partial charge in [0, 0.05) is 6.07 Å². The normalized spacial score (nSPS) is 11.9. The summed E-state index contributed by atoms with van der Waals surface area (Å²) in [5.74, 6) is -4.05. The van der Waals surface area contributed by atoms with E-state index in [2.05, 4.69) is 10.8 Å². The second-order valence-electron chi connectivity index (χ2n) is 3.50. The number of hydrogen-bond donors (Lipinski definition) is 0. The molecule has 5 heteroatoms. The molecule has 0 aliphatic heterocycles. The van der Waals surface area contributed by atoms with Crippen LogP contribution in [0.25, 0.3) is 0 Å². The van der Waals surface area contributed by atoms with Gasteiger partial charge in [-0.15, -0.1) is 0 Å². The number of hydrogen-bond acceptors (Lipinski definition) is 1. The van der Waals surface area contributed by atoms with Crippen molar-refractivity contribution in [1.82, 2.24) is 0 Å². The molecule has 1 aromatic carbocycles. The molecule has 0 aliphatic carbocycles. The van der Waals surface area contributed by atoms with Gasteiger partial charge in [-0.3, -0.25) is 0 Å². The van der Waals surface area contributed by atoms with Gasteiger partial charge in [-0.2, -0.15) is 8.78 Å². The molecule has 1 aromatic rings. The van der Waals surface area contributed by atoms with Crippen molar-refractivity contribution in [3.63, 3.8) is 0 Å². The predicted molar refractivity (Wildman–Crippen MR) is 51.2 cm³/mol. The van der Waals surface area contributed by atoms with Crippen molar-refractivity contribution in [2.24, 2.45) is 0 Å². The number of rotatable bonds is 4. The molecule has 0 atom stereocenters.